The van der Waals surface area contributed by atoms with Crippen molar-refractivity contribution in [3.63, 3.8) is 0 Å². The average Bonchev–Trinajstić information content (AvgIpc) is 2.97. The molecule has 0 unspecified atom stereocenters. The van der Waals surface area contributed by atoms with Gasteiger partial charge in [-0.1, -0.05) is 19.1 Å². The minimum atomic E-state index is -3.86. The van der Waals surface area contributed by atoms with Crippen LogP contribution in [0.5, 0.6) is 0 Å². The van der Waals surface area contributed by atoms with Crippen LogP contribution >= 0.6 is 11.3 Å². The lowest BCUT2D eigenvalue weighted by atomic mass is 10.2. The summed E-state index contributed by atoms with van der Waals surface area (Å²) in [5.74, 6) is -0.762. The third-order valence-corrected chi connectivity index (χ3v) is 5.93. The van der Waals surface area contributed by atoms with Crippen LogP contribution in [0.25, 0.3) is 0 Å². The number of hydrogen-bond acceptors (Lipinski definition) is 4. The van der Waals surface area contributed by atoms with E-state index in [0.29, 0.717) is 5.56 Å². The van der Waals surface area contributed by atoms with Gasteiger partial charge >= 0.3 is 0 Å². The van der Waals surface area contributed by atoms with E-state index in [2.05, 4.69) is 0 Å². The standard InChI is InChI=1S/C14H17FN2O2S2/c1-2-17(10-12-4-3-7-20-12)21(18,19)14-6-5-11(9-16)8-13(14)15/h3-8H,2,9-10,16H2,1H3. The van der Waals surface area contributed by atoms with E-state index in [1.54, 1.807) is 6.92 Å². The second kappa shape index (κ2) is 6.65. The van der Waals surface area contributed by atoms with Crippen molar-refractivity contribution < 1.29 is 12.8 Å². The van der Waals surface area contributed by atoms with Crippen LogP contribution in [-0.4, -0.2) is 19.3 Å². The molecule has 2 rings (SSSR count). The highest BCUT2D eigenvalue weighted by molar-refractivity contribution is 7.89. The zero-order chi connectivity index (χ0) is 15.5. The molecule has 0 fully saturated rings. The number of nitrogens with two attached hydrogens (primary N) is 1. The van der Waals surface area contributed by atoms with Crippen molar-refractivity contribution in [1.29, 1.82) is 0 Å². The van der Waals surface area contributed by atoms with Crippen molar-refractivity contribution in [2.45, 2.75) is 24.9 Å². The maximum atomic E-state index is 14.0. The molecule has 4 nitrogen and oxygen atoms in total. The SMILES string of the molecule is CCN(Cc1cccs1)S(=O)(=O)c1ccc(CN)cc1F. The molecule has 0 spiro atoms. The molecule has 0 atom stereocenters. The van der Waals surface area contributed by atoms with Gasteiger partial charge in [0.1, 0.15) is 10.7 Å². The number of rotatable bonds is 6. The summed E-state index contributed by atoms with van der Waals surface area (Å²) in [7, 11) is -3.86. The lowest BCUT2D eigenvalue weighted by Gasteiger charge is -2.20. The zero-order valence-electron chi connectivity index (χ0n) is 11.6. The van der Waals surface area contributed by atoms with Gasteiger partial charge in [-0.2, -0.15) is 4.31 Å². The molecule has 1 aromatic carbocycles. The summed E-state index contributed by atoms with van der Waals surface area (Å²) in [4.78, 5) is 0.609. The molecule has 0 saturated heterocycles. The van der Waals surface area contributed by atoms with Gasteiger partial charge in [0.25, 0.3) is 0 Å². The van der Waals surface area contributed by atoms with Crippen molar-refractivity contribution >= 4 is 21.4 Å². The number of sulfonamides is 1. The first kappa shape index (κ1) is 16.1. The van der Waals surface area contributed by atoms with E-state index in [4.69, 9.17) is 5.73 Å². The molecule has 0 aliphatic heterocycles. The molecule has 21 heavy (non-hydrogen) atoms. The minimum absolute atomic E-state index is 0.171. The van der Waals surface area contributed by atoms with Crippen LogP contribution in [0.3, 0.4) is 0 Å². The molecule has 7 heteroatoms. The molecule has 0 radical (unpaired) electrons. The largest absolute Gasteiger partial charge is 0.326 e. The number of hydrogen-bond donors (Lipinski definition) is 1. The highest BCUT2D eigenvalue weighted by Gasteiger charge is 2.26. The van der Waals surface area contributed by atoms with Crippen molar-refractivity contribution in [3.8, 4) is 0 Å². The van der Waals surface area contributed by atoms with Gasteiger partial charge < -0.3 is 5.73 Å². The van der Waals surface area contributed by atoms with E-state index in [1.165, 1.54) is 33.8 Å². The van der Waals surface area contributed by atoms with E-state index < -0.39 is 15.8 Å². The summed E-state index contributed by atoms with van der Waals surface area (Å²) in [5.41, 5.74) is 5.99. The molecule has 1 heterocycles. The van der Waals surface area contributed by atoms with Crippen LogP contribution < -0.4 is 5.73 Å². The van der Waals surface area contributed by atoms with Crippen LogP contribution in [0.4, 0.5) is 4.39 Å². The Labute approximate surface area is 128 Å². The van der Waals surface area contributed by atoms with Gasteiger partial charge in [-0.25, -0.2) is 12.8 Å². The summed E-state index contributed by atoms with van der Waals surface area (Å²) >= 11 is 1.47. The van der Waals surface area contributed by atoms with Crippen LogP contribution in [-0.2, 0) is 23.1 Å². The fourth-order valence-electron chi connectivity index (χ4n) is 1.96. The molecule has 0 saturated carbocycles. The zero-order valence-corrected chi connectivity index (χ0v) is 13.3. The summed E-state index contributed by atoms with van der Waals surface area (Å²) in [6, 6.07) is 7.71. The summed E-state index contributed by atoms with van der Waals surface area (Å²) in [6.07, 6.45) is 0. The highest BCUT2D eigenvalue weighted by atomic mass is 32.2. The Morgan fingerprint density at radius 2 is 2.10 bits per heavy atom. The van der Waals surface area contributed by atoms with Crippen LogP contribution in [0.1, 0.15) is 17.4 Å². The molecular weight excluding hydrogens is 311 g/mol. The van der Waals surface area contributed by atoms with E-state index in [-0.39, 0.29) is 24.5 Å². The van der Waals surface area contributed by atoms with Crippen LogP contribution in [0.15, 0.2) is 40.6 Å². The first-order chi connectivity index (χ1) is 9.98. The maximum absolute atomic E-state index is 14.0. The number of nitrogens with zero attached hydrogens (tertiary/aromatic N) is 1. The van der Waals surface area contributed by atoms with Gasteiger partial charge in [-0.3, -0.25) is 0 Å². The Morgan fingerprint density at radius 3 is 2.62 bits per heavy atom. The third-order valence-electron chi connectivity index (χ3n) is 3.11. The molecule has 114 valence electrons. The molecule has 2 N–H and O–H groups in total. The summed E-state index contributed by atoms with van der Waals surface area (Å²) in [6.45, 7) is 2.42. The highest BCUT2D eigenvalue weighted by Crippen LogP contribution is 2.23. The maximum Gasteiger partial charge on any atom is 0.246 e. The predicted octanol–water partition coefficient (Wildman–Crippen LogP) is 2.56. The van der Waals surface area contributed by atoms with Gasteiger partial charge in [-0.15, -0.1) is 11.3 Å². The Morgan fingerprint density at radius 1 is 1.33 bits per heavy atom. The normalized spacial score (nSPS) is 12.0. The minimum Gasteiger partial charge on any atom is -0.326 e. The monoisotopic (exact) mass is 328 g/mol. The Hall–Kier alpha value is -1.28. The lowest BCUT2D eigenvalue weighted by molar-refractivity contribution is 0.422. The van der Waals surface area contributed by atoms with Crippen molar-refractivity contribution in [1.82, 2.24) is 4.31 Å². The molecule has 0 amide bonds. The molecular formula is C14H17FN2O2S2. The Bertz CT molecular complexity index is 700. The van der Waals surface area contributed by atoms with E-state index in [9.17, 15) is 12.8 Å². The van der Waals surface area contributed by atoms with Crippen molar-refractivity contribution in [2.24, 2.45) is 5.73 Å². The van der Waals surface area contributed by atoms with Gasteiger partial charge in [0.15, 0.2) is 0 Å². The smallest absolute Gasteiger partial charge is 0.246 e. The first-order valence-corrected chi connectivity index (χ1v) is 8.82. The number of thiophene rings is 1. The molecule has 2 aromatic rings. The van der Waals surface area contributed by atoms with E-state index >= 15 is 0 Å². The van der Waals surface area contributed by atoms with Gasteiger partial charge in [0, 0.05) is 24.5 Å². The molecule has 1 aromatic heterocycles. The van der Waals surface area contributed by atoms with Gasteiger partial charge in [-0.05, 0) is 29.1 Å². The van der Waals surface area contributed by atoms with Gasteiger partial charge in [0.05, 0.1) is 0 Å². The fourth-order valence-corrected chi connectivity index (χ4v) is 4.24. The quantitative estimate of drug-likeness (QED) is 0.886. The number of benzene rings is 1. The second-order valence-electron chi connectivity index (χ2n) is 4.48. The first-order valence-electron chi connectivity index (χ1n) is 6.50. The van der Waals surface area contributed by atoms with Crippen molar-refractivity contribution in [2.75, 3.05) is 6.54 Å². The van der Waals surface area contributed by atoms with Crippen LogP contribution in [0, 0.1) is 5.82 Å². The lowest BCUT2D eigenvalue weighted by Crippen LogP contribution is -2.30. The number of halogens is 1. The van der Waals surface area contributed by atoms with E-state index in [1.807, 2.05) is 17.5 Å². The van der Waals surface area contributed by atoms with E-state index in [0.717, 1.165) is 4.88 Å². The van der Waals surface area contributed by atoms with Crippen LogP contribution in [0.2, 0.25) is 0 Å². The molecule has 0 bridgehead atoms. The third kappa shape index (κ3) is 3.49. The molecule has 0 aliphatic carbocycles. The average molecular weight is 328 g/mol. The Kier molecular flexibility index (Phi) is 5.10. The second-order valence-corrected chi connectivity index (χ2v) is 7.42. The predicted molar refractivity (Wildman–Crippen MR) is 81.9 cm³/mol. The Balaban J connectivity index is 2.35. The van der Waals surface area contributed by atoms with Gasteiger partial charge in [0.2, 0.25) is 10.0 Å². The fraction of sp³-hybridized carbons (Fsp3) is 0.286. The van der Waals surface area contributed by atoms with Crippen molar-refractivity contribution in [3.05, 3.63) is 52.0 Å². The summed E-state index contributed by atoms with van der Waals surface area (Å²) < 4.78 is 40.5. The molecule has 0 aliphatic rings. The topological polar surface area (TPSA) is 63.4 Å². The summed E-state index contributed by atoms with van der Waals surface area (Å²) in [5, 5.41) is 1.88.